The van der Waals surface area contributed by atoms with Crippen molar-refractivity contribution >= 4 is 34.2 Å². The molecule has 140 valence electrons. The molecule has 0 aliphatic carbocycles. The molecule has 0 bridgehead atoms. The highest BCUT2D eigenvalue weighted by Crippen LogP contribution is 2.36. The van der Waals surface area contributed by atoms with Crippen LogP contribution >= 0.6 is 11.6 Å². The summed E-state index contributed by atoms with van der Waals surface area (Å²) < 4.78 is 25.7. The molecule has 3 heterocycles. The molecular formula is C19H17ClF2N4O. The highest BCUT2D eigenvalue weighted by molar-refractivity contribution is 6.38. The Bertz CT molecular complexity index is 1000. The molecule has 1 saturated heterocycles. The van der Waals surface area contributed by atoms with Crippen LogP contribution in [0, 0.1) is 0 Å². The second-order valence-electron chi connectivity index (χ2n) is 6.39. The smallest absolute Gasteiger partial charge is 0.242 e. The first-order valence-corrected chi connectivity index (χ1v) is 8.96. The third kappa shape index (κ3) is 3.40. The van der Waals surface area contributed by atoms with Crippen molar-refractivity contribution in [3.05, 3.63) is 47.2 Å². The van der Waals surface area contributed by atoms with Gasteiger partial charge in [0, 0.05) is 48.5 Å². The van der Waals surface area contributed by atoms with Crippen molar-refractivity contribution in [2.24, 2.45) is 0 Å². The van der Waals surface area contributed by atoms with Gasteiger partial charge in [0.25, 0.3) is 0 Å². The summed E-state index contributed by atoms with van der Waals surface area (Å²) in [4.78, 5) is 21.1. The largest absolute Gasteiger partial charge is 0.346 e. The van der Waals surface area contributed by atoms with E-state index in [1.54, 1.807) is 11.1 Å². The van der Waals surface area contributed by atoms with E-state index in [0.29, 0.717) is 40.3 Å². The quantitative estimate of drug-likeness (QED) is 0.715. The molecule has 1 amide bonds. The molecule has 5 nitrogen and oxygen atoms in total. The fourth-order valence-electron chi connectivity index (χ4n) is 3.37. The van der Waals surface area contributed by atoms with Gasteiger partial charge in [-0.25, -0.2) is 13.8 Å². The number of aromatic amines is 1. The number of carbonyl (C=O) groups excluding carboxylic acids is 1. The van der Waals surface area contributed by atoms with Crippen LogP contribution in [0.3, 0.4) is 0 Å². The summed E-state index contributed by atoms with van der Waals surface area (Å²) in [5.41, 5.74) is 3.11. The molecule has 1 aliphatic heterocycles. The van der Waals surface area contributed by atoms with Crippen LogP contribution in [0.5, 0.6) is 0 Å². The minimum atomic E-state index is -2.47. The number of carbonyl (C=O) groups is 1. The molecule has 1 aliphatic rings. The Kier molecular flexibility index (Phi) is 4.80. The molecule has 2 N–H and O–H groups in total. The van der Waals surface area contributed by atoms with Gasteiger partial charge < -0.3 is 15.2 Å². The summed E-state index contributed by atoms with van der Waals surface area (Å²) in [6, 6.07) is 7.45. The van der Waals surface area contributed by atoms with Crippen molar-refractivity contribution in [3.63, 3.8) is 0 Å². The first kappa shape index (κ1) is 17.9. The molecular weight excluding hydrogens is 374 g/mol. The van der Waals surface area contributed by atoms with Gasteiger partial charge >= 0.3 is 0 Å². The topological polar surface area (TPSA) is 61.0 Å². The van der Waals surface area contributed by atoms with Crippen LogP contribution < -0.4 is 10.2 Å². The van der Waals surface area contributed by atoms with Crippen LogP contribution in [0.15, 0.2) is 36.7 Å². The maximum Gasteiger partial charge on any atom is 0.242 e. The van der Waals surface area contributed by atoms with Crippen molar-refractivity contribution in [2.45, 2.75) is 12.8 Å². The maximum absolute atomic E-state index is 12.9. The number of pyridine rings is 1. The Hall–Kier alpha value is -2.51. The lowest BCUT2D eigenvalue weighted by atomic mass is 10.0. The molecule has 1 fully saturated rings. The fourth-order valence-corrected chi connectivity index (χ4v) is 3.74. The Morgan fingerprint density at radius 3 is 2.96 bits per heavy atom. The molecule has 27 heavy (non-hydrogen) atoms. The molecule has 0 atom stereocenters. The van der Waals surface area contributed by atoms with E-state index < -0.39 is 6.43 Å². The number of H-pyrrole nitrogens is 1. The summed E-state index contributed by atoms with van der Waals surface area (Å²) in [6.45, 7) is 1.62. The molecule has 0 saturated carbocycles. The zero-order chi connectivity index (χ0) is 19.0. The number of halogens is 3. The number of benzene rings is 1. The van der Waals surface area contributed by atoms with E-state index in [1.165, 1.54) is 6.20 Å². The average molecular weight is 391 g/mol. The van der Waals surface area contributed by atoms with Crippen molar-refractivity contribution in [3.8, 4) is 11.1 Å². The summed E-state index contributed by atoms with van der Waals surface area (Å²) >= 11 is 6.58. The standard InChI is InChI=1S/C19H17ClF2N4O/c20-18-14(9-25-19-17(18)12(8-24-19)7-15(21)22)11-2-1-3-13(6-11)26-5-4-23-10-16(26)27/h1-3,6,8-9,15,23H,4-5,7,10H2,(H,24,25). The first-order chi connectivity index (χ1) is 13.0. The normalized spacial score (nSPS) is 15.1. The number of anilines is 1. The summed E-state index contributed by atoms with van der Waals surface area (Å²) in [5.74, 6) is 0.00271. The highest BCUT2D eigenvalue weighted by atomic mass is 35.5. The van der Waals surface area contributed by atoms with Crippen LogP contribution in [-0.2, 0) is 11.2 Å². The summed E-state index contributed by atoms with van der Waals surface area (Å²) in [6.07, 6.45) is 0.285. The second-order valence-corrected chi connectivity index (χ2v) is 6.77. The Balaban J connectivity index is 1.77. The lowest BCUT2D eigenvalue weighted by Gasteiger charge is -2.27. The predicted molar refractivity (Wildman–Crippen MR) is 101 cm³/mol. The Morgan fingerprint density at radius 2 is 2.19 bits per heavy atom. The molecule has 1 aromatic carbocycles. The van der Waals surface area contributed by atoms with Gasteiger partial charge in [0.15, 0.2) is 0 Å². The monoisotopic (exact) mass is 390 g/mol. The first-order valence-electron chi connectivity index (χ1n) is 8.58. The van der Waals surface area contributed by atoms with Crippen LogP contribution in [0.1, 0.15) is 5.56 Å². The van der Waals surface area contributed by atoms with Crippen molar-refractivity contribution in [2.75, 3.05) is 24.5 Å². The SMILES string of the molecule is O=C1CNCCN1c1cccc(-c2cnc3[nH]cc(CC(F)F)c3c2Cl)c1. The minimum Gasteiger partial charge on any atom is -0.346 e. The van der Waals surface area contributed by atoms with Crippen molar-refractivity contribution in [1.82, 2.24) is 15.3 Å². The van der Waals surface area contributed by atoms with E-state index in [4.69, 9.17) is 11.6 Å². The van der Waals surface area contributed by atoms with Gasteiger partial charge in [-0.1, -0.05) is 23.7 Å². The van der Waals surface area contributed by atoms with Gasteiger partial charge in [-0.15, -0.1) is 0 Å². The molecule has 2 aromatic heterocycles. The van der Waals surface area contributed by atoms with E-state index in [2.05, 4.69) is 15.3 Å². The summed E-state index contributed by atoms with van der Waals surface area (Å²) in [5, 5.41) is 3.93. The van der Waals surface area contributed by atoms with E-state index in [1.807, 2.05) is 24.3 Å². The minimum absolute atomic E-state index is 0.00271. The molecule has 0 spiro atoms. The number of amides is 1. The molecule has 8 heteroatoms. The number of rotatable bonds is 4. The number of nitrogens with zero attached hydrogens (tertiary/aromatic N) is 2. The van der Waals surface area contributed by atoms with Crippen molar-refractivity contribution < 1.29 is 13.6 Å². The number of aromatic nitrogens is 2. The molecule has 0 unspecified atom stereocenters. The van der Waals surface area contributed by atoms with Crippen LogP contribution in [-0.4, -0.2) is 41.9 Å². The van der Waals surface area contributed by atoms with Crippen LogP contribution in [0.2, 0.25) is 5.02 Å². The Morgan fingerprint density at radius 1 is 1.33 bits per heavy atom. The van der Waals surface area contributed by atoms with Crippen molar-refractivity contribution in [1.29, 1.82) is 0 Å². The molecule has 4 rings (SSSR count). The number of nitrogens with one attached hydrogen (secondary N) is 2. The number of piperazine rings is 1. The van der Waals surface area contributed by atoms with Gasteiger partial charge in [0.2, 0.25) is 12.3 Å². The van der Waals surface area contributed by atoms with Gasteiger partial charge in [0.05, 0.1) is 11.6 Å². The zero-order valence-electron chi connectivity index (χ0n) is 14.3. The summed E-state index contributed by atoms with van der Waals surface area (Å²) in [7, 11) is 0. The van der Waals surface area contributed by atoms with E-state index in [0.717, 1.165) is 17.8 Å². The molecule has 3 aromatic rings. The van der Waals surface area contributed by atoms with Crippen LogP contribution in [0.4, 0.5) is 14.5 Å². The average Bonchev–Trinajstić information content (AvgIpc) is 3.05. The third-order valence-corrected chi connectivity index (χ3v) is 5.04. The van der Waals surface area contributed by atoms with E-state index in [-0.39, 0.29) is 12.3 Å². The lowest BCUT2D eigenvalue weighted by molar-refractivity contribution is -0.118. The third-order valence-electron chi connectivity index (χ3n) is 4.65. The zero-order valence-corrected chi connectivity index (χ0v) is 15.1. The van der Waals surface area contributed by atoms with E-state index in [9.17, 15) is 13.6 Å². The van der Waals surface area contributed by atoms with E-state index >= 15 is 0 Å². The van der Waals surface area contributed by atoms with Gasteiger partial charge in [-0.2, -0.15) is 0 Å². The number of hydrogen-bond acceptors (Lipinski definition) is 3. The van der Waals surface area contributed by atoms with Gasteiger partial charge in [-0.05, 0) is 23.3 Å². The maximum atomic E-state index is 12.9. The predicted octanol–water partition coefficient (Wildman–Crippen LogP) is 3.63. The number of alkyl halides is 2. The number of fused-ring (bicyclic) bond motifs is 1. The molecule has 0 radical (unpaired) electrons. The van der Waals surface area contributed by atoms with Crippen LogP contribution in [0.25, 0.3) is 22.2 Å². The van der Waals surface area contributed by atoms with Gasteiger partial charge in [-0.3, -0.25) is 4.79 Å². The highest BCUT2D eigenvalue weighted by Gasteiger charge is 2.21. The number of hydrogen-bond donors (Lipinski definition) is 2. The second kappa shape index (κ2) is 7.25. The lowest BCUT2D eigenvalue weighted by Crippen LogP contribution is -2.48. The van der Waals surface area contributed by atoms with Gasteiger partial charge in [0.1, 0.15) is 5.65 Å². The Labute approximate surface area is 159 Å². The fraction of sp³-hybridized carbons (Fsp3) is 0.263.